The zero-order valence-electron chi connectivity index (χ0n) is 19.0. The van der Waals surface area contributed by atoms with Gasteiger partial charge in [0.25, 0.3) is 0 Å². The van der Waals surface area contributed by atoms with Crippen LogP contribution in [0.5, 0.6) is 5.75 Å². The summed E-state index contributed by atoms with van der Waals surface area (Å²) in [7, 11) is 2.19. The molecule has 2 N–H and O–H groups in total. The van der Waals surface area contributed by atoms with Gasteiger partial charge in [0.1, 0.15) is 11.4 Å². The maximum atomic E-state index is 10.2. The Bertz CT molecular complexity index is 1250. The smallest absolute Gasteiger partial charge is 0.138 e. The van der Waals surface area contributed by atoms with Gasteiger partial charge in [-0.05, 0) is 55.3 Å². The number of aromatic hydroxyl groups is 1. The van der Waals surface area contributed by atoms with Gasteiger partial charge in [-0.1, -0.05) is 36.4 Å². The summed E-state index contributed by atoms with van der Waals surface area (Å²) in [5.41, 5.74) is 8.50. The number of hydrogen-bond donors (Lipinski definition) is 2. The molecule has 0 saturated carbocycles. The zero-order chi connectivity index (χ0) is 22.2. The predicted molar refractivity (Wildman–Crippen MR) is 131 cm³/mol. The molecule has 0 spiro atoms. The minimum Gasteiger partial charge on any atom is -0.508 e. The number of hydrogen-bond acceptors (Lipinski definition) is 4. The van der Waals surface area contributed by atoms with Crippen LogP contribution >= 0.6 is 0 Å². The molecule has 2 aromatic heterocycles. The molecular weight excluding hydrogens is 396 g/mol. The number of phenolic OH excluding ortho intramolecular Hbond substituents is 1. The van der Waals surface area contributed by atoms with Crippen LogP contribution in [0, 0.1) is 13.8 Å². The Balaban J connectivity index is 1.44. The van der Waals surface area contributed by atoms with Crippen LogP contribution in [0.3, 0.4) is 0 Å². The summed E-state index contributed by atoms with van der Waals surface area (Å²) in [5, 5.41) is 11.3. The van der Waals surface area contributed by atoms with Crippen LogP contribution in [-0.4, -0.2) is 58.1 Å². The molecule has 1 saturated heterocycles. The Kier molecular flexibility index (Phi) is 5.45. The Morgan fingerprint density at radius 2 is 1.62 bits per heavy atom. The number of phenols is 1. The standard InChI is InChI=1S/C27H30N4O/c1-18-4-7-22(15-25(18)32)26-19(2)29-27-24(26)14-23(16-28-27)21-8-5-20(6-9-21)17-31-12-10-30(3)11-13-31/h4-9,14-16,32H,10-13,17H2,1-3H3,(H,28,29). The van der Waals surface area contributed by atoms with Crippen molar-refractivity contribution < 1.29 is 5.11 Å². The van der Waals surface area contributed by atoms with Gasteiger partial charge in [0.05, 0.1) is 0 Å². The summed E-state index contributed by atoms with van der Waals surface area (Å²) < 4.78 is 0. The highest BCUT2D eigenvalue weighted by Crippen LogP contribution is 2.35. The van der Waals surface area contributed by atoms with Crippen LogP contribution < -0.4 is 0 Å². The van der Waals surface area contributed by atoms with Gasteiger partial charge in [0, 0.05) is 61.1 Å². The quantitative estimate of drug-likeness (QED) is 0.484. The lowest BCUT2D eigenvalue weighted by Crippen LogP contribution is -2.43. The van der Waals surface area contributed by atoms with Crippen LogP contribution in [0.1, 0.15) is 16.8 Å². The van der Waals surface area contributed by atoms with E-state index in [9.17, 15) is 5.11 Å². The summed E-state index contributed by atoms with van der Waals surface area (Å²) in [6, 6.07) is 16.9. The summed E-state index contributed by atoms with van der Waals surface area (Å²) in [6.45, 7) is 9.51. The van der Waals surface area contributed by atoms with Crippen LogP contribution in [0.2, 0.25) is 0 Å². The molecule has 5 nitrogen and oxygen atoms in total. The van der Waals surface area contributed by atoms with Crippen molar-refractivity contribution in [3.8, 4) is 28.0 Å². The maximum absolute atomic E-state index is 10.2. The molecule has 1 fully saturated rings. The van der Waals surface area contributed by atoms with Gasteiger partial charge in [0.15, 0.2) is 0 Å². The van der Waals surface area contributed by atoms with E-state index in [-0.39, 0.29) is 0 Å². The lowest BCUT2D eigenvalue weighted by atomic mass is 9.99. The number of fused-ring (bicyclic) bond motifs is 1. The largest absolute Gasteiger partial charge is 0.508 e. The third-order valence-electron chi connectivity index (χ3n) is 6.63. The number of aromatic amines is 1. The van der Waals surface area contributed by atoms with Gasteiger partial charge in [-0.15, -0.1) is 0 Å². The molecule has 5 heteroatoms. The second-order valence-corrected chi connectivity index (χ2v) is 9.02. The normalized spacial score (nSPS) is 15.5. The number of H-pyrrole nitrogens is 1. The number of pyridine rings is 1. The van der Waals surface area contributed by atoms with E-state index in [1.165, 1.54) is 5.56 Å². The Morgan fingerprint density at radius 3 is 2.34 bits per heavy atom. The van der Waals surface area contributed by atoms with Crippen LogP contribution in [0.4, 0.5) is 0 Å². The van der Waals surface area contributed by atoms with Gasteiger partial charge in [0.2, 0.25) is 0 Å². The van der Waals surface area contributed by atoms with Crippen molar-refractivity contribution in [2.24, 2.45) is 0 Å². The number of aryl methyl sites for hydroxylation is 2. The van der Waals surface area contributed by atoms with Crippen LogP contribution in [-0.2, 0) is 6.54 Å². The fourth-order valence-electron chi connectivity index (χ4n) is 4.56. The maximum Gasteiger partial charge on any atom is 0.138 e. The van der Waals surface area contributed by atoms with Crippen molar-refractivity contribution in [1.29, 1.82) is 0 Å². The second-order valence-electron chi connectivity index (χ2n) is 9.02. The fraction of sp³-hybridized carbons (Fsp3) is 0.296. The first kappa shape index (κ1) is 20.7. The first-order valence-corrected chi connectivity index (χ1v) is 11.3. The van der Waals surface area contributed by atoms with Crippen molar-refractivity contribution in [2.45, 2.75) is 20.4 Å². The molecule has 32 heavy (non-hydrogen) atoms. The second kappa shape index (κ2) is 8.41. The van der Waals surface area contributed by atoms with Gasteiger partial charge in [-0.3, -0.25) is 4.90 Å². The third kappa shape index (κ3) is 4.01. The molecule has 4 aromatic rings. The molecule has 0 radical (unpaired) electrons. The molecular formula is C27H30N4O. The van der Waals surface area contributed by atoms with E-state index in [1.807, 2.05) is 25.3 Å². The van der Waals surface area contributed by atoms with E-state index >= 15 is 0 Å². The number of nitrogens with one attached hydrogen (secondary N) is 1. The number of likely N-dealkylation sites (N-methyl/N-ethyl adjacent to an activating group) is 1. The number of benzene rings is 2. The van der Waals surface area contributed by atoms with Crippen molar-refractivity contribution in [3.05, 3.63) is 71.5 Å². The van der Waals surface area contributed by atoms with E-state index in [0.717, 1.165) is 77.3 Å². The minimum atomic E-state index is 0.316. The summed E-state index contributed by atoms with van der Waals surface area (Å²) in [6.07, 6.45) is 1.93. The predicted octanol–water partition coefficient (Wildman–Crippen LogP) is 4.97. The lowest BCUT2D eigenvalue weighted by Gasteiger charge is -2.32. The lowest BCUT2D eigenvalue weighted by molar-refractivity contribution is 0.148. The van der Waals surface area contributed by atoms with Crippen LogP contribution in [0.25, 0.3) is 33.3 Å². The molecule has 0 amide bonds. The van der Waals surface area contributed by atoms with Crippen LogP contribution in [0.15, 0.2) is 54.7 Å². The average molecular weight is 427 g/mol. The third-order valence-corrected chi connectivity index (χ3v) is 6.63. The molecule has 164 valence electrons. The zero-order valence-corrected chi connectivity index (χ0v) is 19.0. The number of aromatic nitrogens is 2. The van der Waals surface area contributed by atoms with Gasteiger partial charge >= 0.3 is 0 Å². The molecule has 0 aliphatic carbocycles. The first-order chi connectivity index (χ1) is 15.5. The first-order valence-electron chi connectivity index (χ1n) is 11.3. The molecule has 3 heterocycles. The summed E-state index contributed by atoms with van der Waals surface area (Å²) in [4.78, 5) is 13.0. The highest BCUT2D eigenvalue weighted by Gasteiger charge is 2.15. The highest BCUT2D eigenvalue weighted by atomic mass is 16.3. The fourth-order valence-corrected chi connectivity index (χ4v) is 4.56. The number of rotatable bonds is 4. The van der Waals surface area contributed by atoms with E-state index < -0.39 is 0 Å². The Labute approximate surface area is 189 Å². The Hall–Kier alpha value is -3.15. The number of nitrogens with zero attached hydrogens (tertiary/aromatic N) is 3. The molecule has 1 aliphatic rings. The Morgan fingerprint density at radius 1 is 0.906 bits per heavy atom. The average Bonchev–Trinajstić information content (AvgIpc) is 3.13. The van der Waals surface area contributed by atoms with Gasteiger partial charge < -0.3 is 15.0 Å². The molecule has 5 rings (SSSR count). The van der Waals surface area contributed by atoms with E-state index in [2.05, 4.69) is 65.2 Å². The van der Waals surface area contributed by atoms with Crippen molar-refractivity contribution in [3.63, 3.8) is 0 Å². The van der Waals surface area contributed by atoms with Crippen molar-refractivity contribution in [1.82, 2.24) is 19.8 Å². The molecule has 1 aliphatic heterocycles. The summed E-state index contributed by atoms with van der Waals surface area (Å²) in [5.74, 6) is 0.316. The van der Waals surface area contributed by atoms with E-state index in [4.69, 9.17) is 4.98 Å². The van der Waals surface area contributed by atoms with E-state index in [1.54, 1.807) is 0 Å². The van der Waals surface area contributed by atoms with Gasteiger partial charge in [-0.25, -0.2) is 4.98 Å². The van der Waals surface area contributed by atoms with Crippen molar-refractivity contribution >= 4 is 11.0 Å². The van der Waals surface area contributed by atoms with E-state index in [0.29, 0.717) is 5.75 Å². The SMILES string of the molecule is Cc1ccc(-c2c(C)[nH]c3ncc(-c4ccc(CN5CCN(C)CC5)cc4)cc23)cc1O. The highest BCUT2D eigenvalue weighted by molar-refractivity contribution is 5.97. The monoisotopic (exact) mass is 426 g/mol. The van der Waals surface area contributed by atoms with Crippen molar-refractivity contribution in [2.75, 3.05) is 33.2 Å². The van der Waals surface area contributed by atoms with Gasteiger partial charge in [-0.2, -0.15) is 0 Å². The molecule has 0 atom stereocenters. The molecule has 2 aromatic carbocycles. The summed E-state index contributed by atoms with van der Waals surface area (Å²) >= 11 is 0. The number of piperazine rings is 1. The topological polar surface area (TPSA) is 55.4 Å². The molecule has 0 unspecified atom stereocenters. The minimum absolute atomic E-state index is 0.316. The molecule has 0 bridgehead atoms.